The average molecular weight is 367 g/mol. The summed E-state index contributed by atoms with van der Waals surface area (Å²) >= 11 is 1.26. The Morgan fingerprint density at radius 3 is 3.04 bits per heavy atom. The molecule has 1 amide bonds. The highest BCUT2D eigenvalue weighted by Gasteiger charge is 2.17. The molecule has 1 unspecified atom stereocenters. The molecule has 1 aliphatic rings. The van der Waals surface area contributed by atoms with E-state index in [2.05, 4.69) is 20.4 Å². The first kappa shape index (κ1) is 17.8. The van der Waals surface area contributed by atoms with Gasteiger partial charge in [-0.25, -0.2) is 4.98 Å². The molecular formula is C17H19F2N3O2S. The number of nitrogens with zero attached hydrogens (tertiary/aromatic N) is 1. The van der Waals surface area contributed by atoms with E-state index in [0.29, 0.717) is 28.7 Å². The maximum Gasteiger partial charge on any atom is 0.387 e. The summed E-state index contributed by atoms with van der Waals surface area (Å²) in [6.07, 6.45) is 2.41. The van der Waals surface area contributed by atoms with Crippen LogP contribution in [0, 0.1) is 5.92 Å². The van der Waals surface area contributed by atoms with Crippen LogP contribution in [0.2, 0.25) is 0 Å². The fourth-order valence-corrected chi connectivity index (χ4v) is 3.54. The van der Waals surface area contributed by atoms with Gasteiger partial charge >= 0.3 is 6.61 Å². The van der Waals surface area contributed by atoms with Crippen LogP contribution in [0.4, 0.5) is 13.9 Å². The van der Waals surface area contributed by atoms with Gasteiger partial charge in [0.05, 0.1) is 5.69 Å². The van der Waals surface area contributed by atoms with Crippen molar-refractivity contribution in [1.29, 1.82) is 0 Å². The number of nitrogens with one attached hydrogen (secondary N) is 2. The minimum absolute atomic E-state index is 0.0643. The molecule has 1 aromatic carbocycles. The van der Waals surface area contributed by atoms with Crippen LogP contribution in [-0.4, -0.2) is 30.6 Å². The first-order valence-corrected chi connectivity index (χ1v) is 9.00. The van der Waals surface area contributed by atoms with Crippen LogP contribution in [0.25, 0.3) is 11.3 Å². The second-order valence-electron chi connectivity index (χ2n) is 5.86. The zero-order chi connectivity index (χ0) is 17.6. The Morgan fingerprint density at radius 1 is 1.44 bits per heavy atom. The lowest BCUT2D eigenvalue weighted by atomic mass is 10.0. The van der Waals surface area contributed by atoms with Gasteiger partial charge in [0.2, 0.25) is 5.91 Å². The Hall–Kier alpha value is -2.06. The zero-order valence-corrected chi connectivity index (χ0v) is 14.3. The Kier molecular flexibility index (Phi) is 5.93. The van der Waals surface area contributed by atoms with E-state index in [0.717, 1.165) is 25.9 Å². The Morgan fingerprint density at radius 2 is 2.28 bits per heavy atom. The smallest absolute Gasteiger partial charge is 0.387 e. The topological polar surface area (TPSA) is 63.2 Å². The van der Waals surface area contributed by atoms with Crippen molar-refractivity contribution >= 4 is 22.4 Å². The summed E-state index contributed by atoms with van der Waals surface area (Å²) in [4.78, 5) is 16.4. The molecule has 1 aromatic heterocycles. The van der Waals surface area contributed by atoms with E-state index in [1.54, 1.807) is 23.6 Å². The standard InChI is InChI=1S/C17H19F2N3O2S/c18-16(19)24-14-4-2-1-3-12(14)13-10-25-17(21-13)22-15(23)6-5-11-7-8-20-9-11/h1-4,10-11,16,20H,5-9H2,(H,21,22,23). The molecule has 5 nitrogen and oxygen atoms in total. The van der Waals surface area contributed by atoms with Crippen LogP contribution in [0.1, 0.15) is 19.3 Å². The molecule has 1 atom stereocenters. The van der Waals surface area contributed by atoms with Gasteiger partial charge in [0.25, 0.3) is 0 Å². The van der Waals surface area contributed by atoms with Crippen LogP contribution in [0.15, 0.2) is 29.6 Å². The first-order chi connectivity index (χ1) is 12.1. The predicted octanol–water partition coefficient (Wildman–Crippen LogP) is 3.74. The number of hydrogen-bond acceptors (Lipinski definition) is 5. The van der Waals surface area contributed by atoms with Crippen molar-refractivity contribution in [3.05, 3.63) is 29.6 Å². The molecule has 2 heterocycles. The fourth-order valence-electron chi connectivity index (χ4n) is 2.81. The number of carbonyl (C=O) groups excluding carboxylic acids is 1. The number of para-hydroxylation sites is 1. The van der Waals surface area contributed by atoms with Crippen LogP contribution >= 0.6 is 11.3 Å². The third-order valence-corrected chi connectivity index (χ3v) is 4.83. The molecule has 0 spiro atoms. The van der Waals surface area contributed by atoms with E-state index < -0.39 is 6.61 Å². The van der Waals surface area contributed by atoms with Gasteiger partial charge in [0.15, 0.2) is 5.13 Å². The molecule has 3 rings (SSSR count). The average Bonchev–Trinajstić information content (AvgIpc) is 3.24. The van der Waals surface area contributed by atoms with E-state index in [1.807, 2.05) is 0 Å². The number of hydrogen-bond donors (Lipinski definition) is 2. The second-order valence-corrected chi connectivity index (χ2v) is 6.72. The van der Waals surface area contributed by atoms with Gasteiger partial charge < -0.3 is 15.4 Å². The molecule has 8 heteroatoms. The number of aromatic nitrogens is 1. The van der Waals surface area contributed by atoms with E-state index in [9.17, 15) is 13.6 Å². The first-order valence-electron chi connectivity index (χ1n) is 8.12. The molecule has 134 valence electrons. The molecule has 1 fully saturated rings. The maximum atomic E-state index is 12.5. The number of alkyl halides is 2. The molecule has 0 bridgehead atoms. The highest BCUT2D eigenvalue weighted by molar-refractivity contribution is 7.14. The molecule has 1 saturated heterocycles. The number of benzene rings is 1. The quantitative estimate of drug-likeness (QED) is 0.783. The summed E-state index contributed by atoms with van der Waals surface area (Å²) in [6.45, 7) is -0.915. The van der Waals surface area contributed by atoms with Crippen molar-refractivity contribution in [3.63, 3.8) is 0 Å². The van der Waals surface area contributed by atoms with Gasteiger partial charge in [-0.05, 0) is 44.0 Å². The highest BCUT2D eigenvalue weighted by Crippen LogP contribution is 2.33. The SMILES string of the molecule is O=C(CCC1CCNC1)Nc1nc(-c2ccccc2OC(F)F)cs1. The molecule has 2 N–H and O–H groups in total. The number of halogens is 2. The minimum Gasteiger partial charge on any atom is -0.434 e. The molecule has 0 aliphatic carbocycles. The van der Waals surface area contributed by atoms with Crippen molar-refractivity contribution in [2.45, 2.75) is 25.9 Å². The van der Waals surface area contributed by atoms with E-state index in [4.69, 9.17) is 0 Å². The Balaban J connectivity index is 1.61. The summed E-state index contributed by atoms with van der Waals surface area (Å²) in [5.74, 6) is 0.537. The van der Waals surface area contributed by atoms with Crippen molar-refractivity contribution in [3.8, 4) is 17.0 Å². The van der Waals surface area contributed by atoms with Gasteiger partial charge in [-0.15, -0.1) is 11.3 Å². The third-order valence-electron chi connectivity index (χ3n) is 4.07. The maximum absolute atomic E-state index is 12.5. The number of rotatable bonds is 7. The van der Waals surface area contributed by atoms with Gasteiger partial charge in [-0.2, -0.15) is 8.78 Å². The van der Waals surface area contributed by atoms with Crippen molar-refractivity contribution in [2.75, 3.05) is 18.4 Å². The zero-order valence-electron chi connectivity index (χ0n) is 13.5. The fraction of sp³-hybridized carbons (Fsp3) is 0.412. The van der Waals surface area contributed by atoms with Gasteiger partial charge in [0.1, 0.15) is 5.75 Å². The van der Waals surface area contributed by atoms with E-state index in [1.165, 1.54) is 17.4 Å². The molecule has 2 aromatic rings. The van der Waals surface area contributed by atoms with Crippen LogP contribution in [0.3, 0.4) is 0 Å². The molecular weight excluding hydrogens is 348 g/mol. The highest BCUT2D eigenvalue weighted by atomic mass is 32.1. The second kappa shape index (κ2) is 8.35. The number of anilines is 1. The van der Waals surface area contributed by atoms with Crippen molar-refractivity contribution < 1.29 is 18.3 Å². The number of thiazole rings is 1. The lowest BCUT2D eigenvalue weighted by Gasteiger charge is -2.08. The number of amides is 1. The van der Waals surface area contributed by atoms with Crippen LogP contribution < -0.4 is 15.4 Å². The number of carbonyl (C=O) groups is 1. The lowest BCUT2D eigenvalue weighted by Crippen LogP contribution is -2.14. The van der Waals surface area contributed by atoms with Gasteiger partial charge in [-0.3, -0.25) is 4.79 Å². The van der Waals surface area contributed by atoms with Crippen LogP contribution in [0.5, 0.6) is 5.75 Å². The molecule has 0 saturated carbocycles. The Labute approximate surface area is 148 Å². The van der Waals surface area contributed by atoms with Gasteiger partial charge in [0, 0.05) is 17.4 Å². The summed E-state index contributed by atoms with van der Waals surface area (Å²) in [6, 6.07) is 6.47. The molecule has 0 radical (unpaired) electrons. The lowest BCUT2D eigenvalue weighted by molar-refractivity contribution is -0.116. The predicted molar refractivity (Wildman–Crippen MR) is 93.0 cm³/mol. The van der Waals surface area contributed by atoms with E-state index in [-0.39, 0.29) is 11.7 Å². The summed E-state index contributed by atoms with van der Waals surface area (Å²) < 4.78 is 29.5. The Bertz CT molecular complexity index is 717. The van der Waals surface area contributed by atoms with Crippen molar-refractivity contribution in [2.24, 2.45) is 5.92 Å². The number of ether oxygens (including phenoxy) is 1. The van der Waals surface area contributed by atoms with E-state index >= 15 is 0 Å². The summed E-state index contributed by atoms with van der Waals surface area (Å²) in [5.41, 5.74) is 0.966. The summed E-state index contributed by atoms with van der Waals surface area (Å²) in [7, 11) is 0. The minimum atomic E-state index is -2.90. The normalized spacial score (nSPS) is 17.0. The monoisotopic (exact) mass is 367 g/mol. The summed E-state index contributed by atoms with van der Waals surface area (Å²) in [5, 5.41) is 8.22. The van der Waals surface area contributed by atoms with Gasteiger partial charge in [-0.1, -0.05) is 12.1 Å². The van der Waals surface area contributed by atoms with Crippen molar-refractivity contribution in [1.82, 2.24) is 10.3 Å². The largest absolute Gasteiger partial charge is 0.434 e. The van der Waals surface area contributed by atoms with Crippen LogP contribution in [-0.2, 0) is 4.79 Å². The molecule has 25 heavy (non-hydrogen) atoms. The molecule has 1 aliphatic heterocycles. The third kappa shape index (κ3) is 4.96.